The first-order valence-corrected chi connectivity index (χ1v) is 6.60. The molecule has 1 saturated carbocycles. The van der Waals surface area contributed by atoms with E-state index in [1.165, 1.54) is 12.8 Å². The van der Waals surface area contributed by atoms with Crippen molar-refractivity contribution in [3.63, 3.8) is 0 Å². The average Bonchev–Trinajstić information content (AvgIpc) is 1.96. The van der Waals surface area contributed by atoms with Crippen molar-refractivity contribution in [3.05, 3.63) is 0 Å². The van der Waals surface area contributed by atoms with E-state index < -0.39 is 0 Å². The van der Waals surface area contributed by atoms with E-state index in [1.54, 1.807) is 0 Å². The molecule has 0 spiro atoms. The van der Waals surface area contributed by atoms with E-state index in [0.717, 1.165) is 28.3 Å². The van der Waals surface area contributed by atoms with Crippen molar-refractivity contribution in [3.8, 4) is 0 Å². The minimum atomic E-state index is 0.795. The van der Waals surface area contributed by atoms with Crippen LogP contribution in [0.1, 0.15) is 47.5 Å². The van der Waals surface area contributed by atoms with Crippen LogP contribution >= 0.6 is 11.8 Å². The van der Waals surface area contributed by atoms with Crippen LogP contribution in [-0.2, 0) is 0 Å². The summed E-state index contributed by atoms with van der Waals surface area (Å²) in [6, 6.07) is 0. The van der Waals surface area contributed by atoms with E-state index in [1.807, 2.05) is 0 Å². The molecule has 2 atom stereocenters. The molecule has 0 radical (unpaired) electrons. The third-order valence-electron chi connectivity index (χ3n) is 3.10. The predicted octanol–water partition coefficient (Wildman–Crippen LogP) is 4.20. The molecular weight excluding hydrogens is 176 g/mol. The summed E-state index contributed by atoms with van der Waals surface area (Å²) in [5.74, 6) is 2.80. The van der Waals surface area contributed by atoms with Gasteiger partial charge in [-0.2, -0.15) is 11.8 Å². The molecule has 0 aromatic heterocycles. The van der Waals surface area contributed by atoms with Gasteiger partial charge in [-0.25, -0.2) is 0 Å². The molecule has 1 fully saturated rings. The lowest BCUT2D eigenvalue weighted by molar-refractivity contribution is 0.243. The molecule has 0 nitrogen and oxygen atoms in total. The minimum Gasteiger partial charge on any atom is -0.155 e. The zero-order valence-electron chi connectivity index (χ0n) is 9.71. The van der Waals surface area contributed by atoms with Gasteiger partial charge < -0.3 is 0 Å². The van der Waals surface area contributed by atoms with Crippen LogP contribution in [-0.4, -0.2) is 10.5 Å². The van der Waals surface area contributed by atoms with E-state index >= 15 is 0 Å². The topological polar surface area (TPSA) is 0 Å². The van der Waals surface area contributed by atoms with Gasteiger partial charge in [0.1, 0.15) is 0 Å². The van der Waals surface area contributed by atoms with Crippen molar-refractivity contribution < 1.29 is 0 Å². The zero-order valence-corrected chi connectivity index (χ0v) is 10.5. The lowest BCUT2D eigenvalue weighted by Crippen LogP contribution is -2.32. The smallest absolute Gasteiger partial charge is 0.0101 e. The van der Waals surface area contributed by atoms with E-state index in [4.69, 9.17) is 0 Å². The maximum absolute atomic E-state index is 2.44. The van der Waals surface area contributed by atoms with Crippen LogP contribution in [0.3, 0.4) is 0 Å². The van der Waals surface area contributed by atoms with Crippen molar-refractivity contribution in [1.82, 2.24) is 0 Å². The quantitative estimate of drug-likeness (QED) is 0.644. The molecule has 78 valence electrons. The highest BCUT2D eigenvalue weighted by molar-refractivity contribution is 8.00. The molecule has 0 aliphatic heterocycles. The van der Waals surface area contributed by atoms with Crippen LogP contribution in [0, 0.1) is 17.8 Å². The molecule has 0 heterocycles. The molecule has 0 amide bonds. The van der Waals surface area contributed by atoms with E-state index in [0.29, 0.717) is 0 Å². The first-order valence-electron chi connectivity index (χ1n) is 5.66. The standard InChI is InChI=1S/C12H24S/c1-8(2)13-12-10(4)6-9(3)7-11(12)5/h8-12H,6-7H2,1-5H3. The van der Waals surface area contributed by atoms with Crippen LogP contribution in [0.2, 0.25) is 0 Å². The second kappa shape index (κ2) is 4.72. The molecule has 0 aromatic carbocycles. The van der Waals surface area contributed by atoms with Gasteiger partial charge in [0.05, 0.1) is 0 Å². The van der Waals surface area contributed by atoms with E-state index in [-0.39, 0.29) is 0 Å². The lowest BCUT2D eigenvalue weighted by atomic mass is 9.77. The van der Waals surface area contributed by atoms with Crippen LogP contribution < -0.4 is 0 Å². The Morgan fingerprint density at radius 3 is 1.85 bits per heavy atom. The highest BCUT2D eigenvalue weighted by atomic mass is 32.2. The maximum Gasteiger partial charge on any atom is 0.0101 e. The summed E-state index contributed by atoms with van der Waals surface area (Å²) in [7, 11) is 0. The first kappa shape index (κ1) is 11.4. The maximum atomic E-state index is 2.44. The highest BCUT2D eigenvalue weighted by Crippen LogP contribution is 2.41. The van der Waals surface area contributed by atoms with Gasteiger partial charge in [0.25, 0.3) is 0 Å². The fourth-order valence-corrected chi connectivity index (χ4v) is 4.16. The summed E-state index contributed by atoms with van der Waals surface area (Å²) in [6.45, 7) is 11.9. The van der Waals surface area contributed by atoms with E-state index in [9.17, 15) is 0 Å². The predicted molar refractivity (Wildman–Crippen MR) is 63.2 cm³/mol. The first-order chi connectivity index (χ1) is 6.00. The molecule has 1 aliphatic carbocycles. The Hall–Kier alpha value is 0.350. The third-order valence-corrected chi connectivity index (χ3v) is 4.89. The summed E-state index contributed by atoms with van der Waals surface area (Å²) in [4.78, 5) is 0. The lowest BCUT2D eigenvalue weighted by Gasteiger charge is -2.38. The van der Waals surface area contributed by atoms with Crippen molar-refractivity contribution in [1.29, 1.82) is 0 Å². The van der Waals surface area contributed by atoms with Gasteiger partial charge in [-0.15, -0.1) is 0 Å². The Kier molecular flexibility index (Phi) is 4.15. The minimum absolute atomic E-state index is 0.795. The van der Waals surface area contributed by atoms with Crippen molar-refractivity contribution >= 4 is 11.8 Å². The second-order valence-electron chi connectivity index (χ2n) is 5.18. The van der Waals surface area contributed by atoms with Gasteiger partial charge in [0, 0.05) is 5.25 Å². The third kappa shape index (κ3) is 3.19. The Balaban J connectivity index is 2.51. The van der Waals surface area contributed by atoms with Gasteiger partial charge in [-0.3, -0.25) is 0 Å². The zero-order chi connectivity index (χ0) is 10.0. The number of thioether (sulfide) groups is 1. The summed E-state index contributed by atoms with van der Waals surface area (Å²) in [5, 5.41) is 1.71. The van der Waals surface area contributed by atoms with Crippen molar-refractivity contribution in [2.45, 2.75) is 58.0 Å². The summed E-state index contributed by atoms with van der Waals surface area (Å²) >= 11 is 2.19. The largest absolute Gasteiger partial charge is 0.155 e. The van der Waals surface area contributed by atoms with Gasteiger partial charge in [-0.05, 0) is 35.8 Å². The van der Waals surface area contributed by atoms with E-state index in [2.05, 4.69) is 46.4 Å². The van der Waals surface area contributed by atoms with Gasteiger partial charge in [0.2, 0.25) is 0 Å². The number of hydrogen-bond donors (Lipinski definition) is 0. The fourth-order valence-electron chi connectivity index (χ4n) is 2.78. The van der Waals surface area contributed by atoms with Gasteiger partial charge in [-0.1, -0.05) is 34.6 Å². The molecule has 0 saturated heterocycles. The van der Waals surface area contributed by atoms with Crippen LogP contribution in [0.5, 0.6) is 0 Å². The highest BCUT2D eigenvalue weighted by Gasteiger charge is 2.31. The van der Waals surface area contributed by atoms with Gasteiger partial charge in [0.15, 0.2) is 0 Å². The second-order valence-corrected chi connectivity index (χ2v) is 6.94. The normalized spacial score (nSPS) is 41.1. The Bertz CT molecular complexity index is 141. The monoisotopic (exact) mass is 200 g/mol. The number of hydrogen-bond acceptors (Lipinski definition) is 1. The molecule has 1 rings (SSSR count). The molecule has 2 unspecified atom stereocenters. The average molecular weight is 200 g/mol. The SMILES string of the molecule is CC1CC(C)C(SC(C)C)C(C)C1. The van der Waals surface area contributed by atoms with Crippen molar-refractivity contribution in [2.75, 3.05) is 0 Å². The summed E-state index contributed by atoms with van der Waals surface area (Å²) in [6.07, 6.45) is 2.88. The Morgan fingerprint density at radius 2 is 1.46 bits per heavy atom. The Labute approximate surface area is 87.9 Å². The summed E-state index contributed by atoms with van der Waals surface area (Å²) in [5.41, 5.74) is 0. The fraction of sp³-hybridized carbons (Fsp3) is 1.00. The van der Waals surface area contributed by atoms with Crippen LogP contribution in [0.4, 0.5) is 0 Å². The molecular formula is C12H24S. The molecule has 1 aliphatic rings. The Morgan fingerprint density at radius 1 is 1.00 bits per heavy atom. The molecule has 0 bridgehead atoms. The summed E-state index contributed by atoms with van der Waals surface area (Å²) < 4.78 is 0. The van der Waals surface area contributed by atoms with Gasteiger partial charge >= 0.3 is 0 Å². The number of rotatable bonds is 2. The molecule has 0 N–H and O–H groups in total. The molecule has 13 heavy (non-hydrogen) atoms. The van der Waals surface area contributed by atoms with Crippen LogP contribution in [0.15, 0.2) is 0 Å². The van der Waals surface area contributed by atoms with Crippen molar-refractivity contribution in [2.24, 2.45) is 17.8 Å². The van der Waals surface area contributed by atoms with Crippen LogP contribution in [0.25, 0.3) is 0 Å². The molecule has 1 heteroatoms. The molecule has 0 aromatic rings.